The summed E-state index contributed by atoms with van der Waals surface area (Å²) in [6, 6.07) is 23.5. The smallest absolute Gasteiger partial charge is 0.347 e. The van der Waals surface area contributed by atoms with E-state index in [4.69, 9.17) is 19.2 Å². The fraction of sp³-hybridized carbons (Fsp3) is 0.212. The molecule has 8 heteroatoms. The molecule has 2 N–H and O–H groups in total. The molecule has 1 aliphatic heterocycles. The molecule has 0 unspecified atom stereocenters. The molecule has 0 bridgehead atoms. The number of hydrogen-bond acceptors (Lipinski definition) is 8. The van der Waals surface area contributed by atoms with Crippen LogP contribution in [0.4, 0.5) is 5.69 Å². The van der Waals surface area contributed by atoms with Gasteiger partial charge in [0.1, 0.15) is 25.6 Å². The van der Waals surface area contributed by atoms with Crippen LogP contribution in [0, 0.1) is 11.8 Å². The Hall–Kier alpha value is -4.45. The fourth-order valence-electron chi connectivity index (χ4n) is 4.63. The first kappa shape index (κ1) is 28.1. The number of nitrogens with zero attached hydrogens (tertiary/aromatic N) is 1. The second kappa shape index (κ2) is 13.3. The van der Waals surface area contributed by atoms with Gasteiger partial charge in [-0.1, -0.05) is 72.5 Å². The van der Waals surface area contributed by atoms with Gasteiger partial charge in [0.05, 0.1) is 18.5 Å². The van der Waals surface area contributed by atoms with Crippen molar-refractivity contribution in [3.63, 3.8) is 0 Å². The maximum absolute atomic E-state index is 13.3. The molecule has 3 aromatic carbocycles. The molecule has 0 aliphatic carbocycles. The lowest BCUT2D eigenvalue weighted by Crippen LogP contribution is -2.14. The van der Waals surface area contributed by atoms with Crippen LogP contribution in [-0.2, 0) is 24.4 Å². The third-order valence-electron chi connectivity index (χ3n) is 6.60. The lowest BCUT2D eigenvalue weighted by molar-refractivity contribution is 0.0588. The van der Waals surface area contributed by atoms with E-state index in [0.717, 1.165) is 44.2 Å². The average molecular weight is 567 g/mol. The Morgan fingerprint density at radius 3 is 2.34 bits per heavy atom. The Morgan fingerprint density at radius 2 is 1.71 bits per heavy atom. The van der Waals surface area contributed by atoms with Crippen molar-refractivity contribution in [2.45, 2.75) is 24.5 Å². The lowest BCUT2D eigenvalue weighted by Gasteiger charge is -2.20. The number of aliphatic hydroxyl groups excluding tert-OH is 1. The molecule has 0 amide bonds. The zero-order valence-corrected chi connectivity index (χ0v) is 23.7. The van der Waals surface area contributed by atoms with E-state index >= 15 is 0 Å². The Bertz CT molecular complexity index is 1600. The Balaban J connectivity index is 1.71. The Morgan fingerprint density at radius 1 is 1.02 bits per heavy atom. The normalized spacial score (nSPS) is 11.7. The molecule has 5 rings (SSSR count). The fourth-order valence-corrected chi connectivity index (χ4v) is 5.67. The van der Waals surface area contributed by atoms with Gasteiger partial charge in [0.2, 0.25) is 5.88 Å². The van der Waals surface area contributed by atoms with Crippen molar-refractivity contribution in [1.82, 2.24) is 4.98 Å². The van der Waals surface area contributed by atoms with Crippen LogP contribution in [-0.4, -0.2) is 42.6 Å². The molecular weight excluding hydrogens is 536 g/mol. The summed E-state index contributed by atoms with van der Waals surface area (Å²) < 4.78 is 17.9. The van der Waals surface area contributed by atoms with Crippen LogP contribution in [0.5, 0.6) is 11.6 Å². The predicted octanol–water partition coefficient (Wildman–Crippen LogP) is 5.73. The average Bonchev–Trinajstić information content (AvgIpc) is 3.20. The highest BCUT2D eigenvalue weighted by Crippen LogP contribution is 2.45. The summed E-state index contributed by atoms with van der Waals surface area (Å²) in [7, 11) is 3.18. The molecule has 0 fully saturated rings. The third-order valence-corrected chi connectivity index (χ3v) is 7.66. The van der Waals surface area contributed by atoms with Crippen molar-refractivity contribution in [3.8, 4) is 34.7 Å². The number of nitrogens with one attached hydrogen (secondary N) is 1. The first-order valence-corrected chi connectivity index (χ1v) is 14.2. The topological polar surface area (TPSA) is 89.9 Å². The van der Waals surface area contributed by atoms with Crippen LogP contribution in [0.25, 0.3) is 11.3 Å². The monoisotopic (exact) mass is 566 g/mol. The van der Waals surface area contributed by atoms with Gasteiger partial charge in [-0.2, -0.15) is 0 Å². The molecule has 208 valence electrons. The van der Waals surface area contributed by atoms with Gasteiger partial charge in [0, 0.05) is 34.4 Å². The van der Waals surface area contributed by atoms with Gasteiger partial charge in [-0.25, -0.2) is 9.78 Å². The number of anilines is 1. The largest absolute Gasteiger partial charge is 0.487 e. The minimum absolute atomic E-state index is 0.140. The number of benzene rings is 3. The van der Waals surface area contributed by atoms with Gasteiger partial charge in [0.25, 0.3) is 0 Å². The number of rotatable bonds is 8. The van der Waals surface area contributed by atoms with Crippen LogP contribution < -0.4 is 14.8 Å². The molecule has 1 aliphatic rings. The minimum Gasteiger partial charge on any atom is -0.487 e. The standard InChI is InChI=1S/C33H30N2O5S/c1-34-27-19-28-26(18-24(27)14-9-16-36)30-25(15-17-41-28)31(39-20-22-10-5-3-6-11-22)29(33(37)38-2)32(35-30)40-21-23-12-7-4-8-13-23/h3-8,10-13,18-19,34,36H,15-17,20-21H2,1-2H3. The van der Waals surface area contributed by atoms with E-state index < -0.39 is 5.97 Å². The number of ether oxygens (including phenoxy) is 3. The number of pyridine rings is 1. The van der Waals surface area contributed by atoms with Crippen molar-refractivity contribution in [1.29, 1.82) is 0 Å². The second-order valence-electron chi connectivity index (χ2n) is 9.19. The first-order chi connectivity index (χ1) is 20.1. The minimum atomic E-state index is -0.580. The van der Waals surface area contributed by atoms with Gasteiger partial charge in [-0.3, -0.25) is 0 Å². The summed E-state index contributed by atoms with van der Waals surface area (Å²) in [5.74, 6) is 6.50. The third kappa shape index (κ3) is 6.32. The summed E-state index contributed by atoms with van der Waals surface area (Å²) in [6.07, 6.45) is 0.612. The van der Waals surface area contributed by atoms with Crippen LogP contribution in [0.2, 0.25) is 0 Å². The predicted molar refractivity (Wildman–Crippen MR) is 160 cm³/mol. The first-order valence-electron chi connectivity index (χ1n) is 13.2. The van der Waals surface area contributed by atoms with Gasteiger partial charge in [0.15, 0.2) is 5.56 Å². The van der Waals surface area contributed by atoms with E-state index in [-0.39, 0.29) is 31.3 Å². The molecule has 0 saturated carbocycles. The van der Waals surface area contributed by atoms with E-state index in [1.165, 1.54) is 7.11 Å². The molecule has 0 atom stereocenters. The zero-order valence-electron chi connectivity index (χ0n) is 22.9. The van der Waals surface area contributed by atoms with Crippen LogP contribution >= 0.6 is 11.8 Å². The number of methoxy groups -OCH3 is 1. The van der Waals surface area contributed by atoms with Crippen LogP contribution in [0.15, 0.2) is 77.7 Å². The van der Waals surface area contributed by atoms with Crippen LogP contribution in [0.1, 0.15) is 32.6 Å². The second-order valence-corrected chi connectivity index (χ2v) is 10.3. The molecule has 41 heavy (non-hydrogen) atoms. The SMILES string of the molecule is CNc1cc2c(cc1C#CCO)-c1nc(OCc3ccccc3)c(C(=O)OC)c(OCc3ccccc3)c1CCS2. The summed E-state index contributed by atoms with van der Waals surface area (Å²) in [6.45, 7) is 0.217. The van der Waals surface area contributed by atoms with Gasteiger partial charge < -0.3 is 24.6 Å². The summed E-state index contributed by atoms with van der Waals surface area (Å²) in [5.41, 5.74) is 5.97. The number of aliphatic hydroxyl groups is 1. The van der Waals surface area contributed by atoms with E-state index in [9.17, 15) is 9.90 Å². The number of carbonyl (C=O) groups is 1. The van der Waals surface area contributed by atoms with Crippen molar-refractivity contribution in [2.24, 2.45) is 0 Å². The van der Waals surface area contributed by atoms with Gasteiger partial charge >= 0.3 is 5.97 Å². The quantitative estimate of drug-likeness (QED) is 0.207. The van der Waals surface area contributed by atoms with E-state index in [2.05, 4.69) is 17.2 Å². The molecule has 7 nitrogen and oxygen atoms in total. The molecule has 2 heterocycles. The highest BCUT2D eigenvalue weighted by molar-refractivity contribution is 7.99. The van der Waals surface area contributed by atoms with Crippen molar-refractivity contribution in [2.75, 3.05) is 31.8 Å². The van der Waals surface area contributed by atoms with Crippen molar-refractivity contribution in [3.05, 3.63) is 101 Å². The molecular formula is C33H30N2O5S. The van der Waals surface area contributed by atoms with E-state index in [0.29, 0.717) is 17.9 Å². The van der Waals surface area contributed by atoms with Crippen molar-refractivity contribution >= 4 is 23.4 Å². The number of esters is 1. The number of aromatic nitrogens is 1. The molecule has 4 aromatic rings. The molecule has 0 spiro atoms. The number of hydrogen-bond donors (Lipinski definition) is 2. The van der Waals surface area contributed by atoms with Gasteiger partial charge in [-0.05, 0) is 29.7 Å². The number of fused-ring (bicyclic) bond motifs is 3. The summed E-state index contributed by atoms with van der Waals surface area (Å²) in [4.78, 5) is 19.2. The molecule has 0 radical (unpaired) electrons. The maximum atomic E-state index is 13.3. The zero-order chi connectivity index (χ0) is 28.6. The van der Waals surface area contributed by atoms with Crippen molar-refractivity contribution < 1.29 is 24.1 Å². The Labute approximate surface area is 243 Å². The highest BCUT2D eigenvalue weighted by Gasteiger charge is 2.31. The maximum Gasteiger partial charge on any atom is 0.347 e. The number of carbonyl (C=O) groups excluding carboxylic acids is 1. The molecule has 0 saturated heterocycles. The van der Waals surface area contributed by atoms with Gasteiger partial charge in [-0.15, -0.1) is 11.8 Å². The summed E-state index contributed by atoms with van der Waals surface area (Å²) in [5, 5.41) is 12.5. The van der Waals surface area contributed by atoms with Crippen LogP contribution in [0.3, 0.4) is 0 Å². The molecule has 1 aromatic heterocycles. The highest BCUT2D eigenvalue weighted by atomic mass is 32.2. The van der Waals surface area contributed by atoms with E-state index in [1.54, 1.807) is 11.8 Å². The lowest BCUT2D eigenvalue weighted by atomic mass is 9.98. The van der Waals surface area contributed by atoms with E-state index in [1.807, 2.05) is 79.8 Å². The number of thioether (sulfide) groups is 1. The Kier molecular flexibility index (Phi) is 9.09. The summed E-state index contributed by atoms with van der Waals surface area (Å²) >= 11 is 1.70.